The van der Waals surface area contributed by atoms with Crippen LogP contribution < -0.4 is 29.6 Å². The molecule has 21 heavy (non-hydrogen) atoms. The molecule has 1 unspecified atom stereocenters. The van der Waals surface area contributed by atoms with Gasteiger partial charge in [-0.3, -0.25) is 9.13 Å². The van der Waals surface area contributed by atoms with Gasteiger partial charge in [-0.15, -0.1) is 0 Å². The van der Waals surface area contributed by atoms with Crippen molar-refractivity contribution in [3.05, 3.63) is 0 Å². The zero-order valence-electron chi connectivity index (χ0n) is 14.4. The van der Waals surface area contributed by atoms with E-state index in [1.165, 1.54) is 13.8 Å². The average molecular weight is 395 g/mol. The third-order valence-electron chi connectivity index (χ3n) is 1.72. The minimum absolute atomic E-state index is 0. The summed E-state index contributed by atoms with van der Waals surface area (Å²) in [5.74, 6) is 0. The molecule has 124 valence electrons. The standard InChI is InChI=1S/C10H22Cl2O6P2.Na.H/c1-7(2)16-19(13,14)10(11,12)20(15,17-8(3)4)18-9(5)6;;/h7-9H,1-6H3,(H,13,14);;/q;+1;-1. The first-order valence-corrected chi connectivity index (χ1v) is 9.99. The van der Waals surface area contributed by atoms with E-state index in [2.05, 4.69) is 0 Å². The fourth-order valence-electron chi connectivity index (χ4n) is 1.21. The summed E-state index contributed by atoms with van der Waals surface area (Å²) in [6, 6.07) is 0. The van der Waals surface area contributed by atoms with Crippen LogP contribution in [-0.4, -0.2) is 27.0 Å². The van der Waals surface area contributed by atoms with Gasteiger partial charge in [0, 0.05) is 0 Å². The molecule has 0 bridgehead atoms. The molecule has 0 aromatic heterocycles. The number of rotatable bonds is 8. The largest absolute Gasteiger partial charge is 1.00 e. The molecule has 0 heterocycles. The zero-order chi connectivity index (χ0) is 16.4. The van der Waals surface area contributed by atoms with Crippen molar-refractivity contribution in [1.29, 1.82) is 0 Å². The van der Waals surface area contributed by atoms with E-state index in [-0.39, 0.29) is 31.0 Å². The first-order chi connectivity index (χ1) is 8.75. The van der Waals surface area contributed by atoms with Gasteiger partial charge < -0.3 is 19.9 Å². The van der Waals surface area contributed by atoms with Gasteiger partial charge in [0.2, 0.25) is 0 Å². The maximum Gasteiger partial charge on any atom is 1.00 e. The van der Waals surface area contributed by atoms with Gasteiger partial charge in [-0.05, 0) is 41.5 Å². The molecule has 0 aliphatic rings. The van der Waals surface area contributed by atoms with Crippen LogP contribution in [0.5, 0.6) is 0 Å². The van der Waals surface area contributed by atoms with Crippen molar-refractivity contribution < 1.29 is 58.6 Å². The number of hydrogen-bond donors (Lipinski definition) is 1. The first-order valence-electron chi connectivity index (χ1n) is 6.11. The normalized spacial score (nSPS) is 16.2. The Bertz CT molecular complexity index is 408. The fraction of sp³-hybridized carbons (Fsp3) is 1.00. The van der Waals surface area contributed by atoms with Crippen LogP contribution in [0.25, 0.3) is 0 Å². The molecule has 0 saturated heterocycles. The van der Waals surface area contributed by atoms with Crippen LogP contribution in [0.3, 0.4) is 0 Å². The minimum Gasteiger partial charge on any atom is -1.00 e. The second-order valence-electron chi connectivity index (χ2n) is 4.99. The molecule has 0 aromatic carbocycles. The Morgan fingerprint density at radius 2 is 1.19 bits per heavy atom. The predicted octanol–water partition coefficient (Wildman–Crippen LogP) is 1.85. The number of hydrogen-bond acceptors (Lipinski definition) is 5. The Balaban J connectivity index is -0.00000180. The summed E-state index contributed by atoms with van der Waals surface area (Å²) in [5.41, 5.74) is 0. The van der Waals surface area contributed by atoms with E-state index in [1.54, 1.807) is 27.7 Å². The molecular weight excluding hydrogens is 372 g/mol. The SMILES string of the molecule is CC(C)OP(=O)(O)C(Cl)(Cl)P(=O)(OC(C)C)OC(C)C.[H-].[Na+]. The summed E-state index contributed by atoms with van der Waals surface area (Å²) in [5, 5.41) is 0. The molecule has 0 rings (SSSR count). The van der Waals surface area contributed by atoms with Gasteiger partial charge in [-0.2, -0.15) is 0 Å². The van der Waals surface area contributed by atoms with Crippen LogP contribution in [0.15, 0.2) is 0 Å². The smallest absolute Gasteiger partial charge is 1.00 e. The van der Waals surface area contributed by atoms with E-state index in [9.17, 15) is 14.0 Å². The molecule has 0 aromatic rings. The average Bonchev–Trinajstić information content (AvgIpc) is 2.11. The maximum absolute atomic E-state index is 12.8. The fourth-order valence-corrected chi connectivity index (χ4v) is 5.70. The van der Waals surface area contributed by atoms with Crippen molar-refractivity contribution in [3.63, 3.8) is 0 Å². The molecule has 0 amide bonds. The van der Waals surface area contributed by atoms with E-state index in [1.807, 2.05) is 0 Å². The van der Waals surface area contributed by atoms with E-state index in [4.69, 9.17) is 36.8 Å². The molecule has 0 spiro atoms. The van der Waals surface area contributed by atoms with Crippen molar-refractivity contribution in [2.45, 2.75) is 63.7 Å². The van der Waals surface area contributed by atoms with Gasteiger partial charge >= 0.3 is 48.6 Å². The summed E-state index contributed by atoms with van der Waals surface area (Å²) in [4.78, 5) is 9.91. The Labute approximate surface area is 160 Å². The molecular formula is C10H23Cl2NaO6P2. The molecule has 0 aliphatic heterocycles. The molecule has 0 aliphatic carbocycles. The summed E-state index contributed by atoms with van der Waals surface area (Å²) >= 11 is 11.8. The maximum atomic E-state index is 12.8. The van der Waals surface area contributed by atoms with Crippen molar-refractivity contribution in [1.82, 2.24) is 0 Å². The minimum atomic E-state index is -4.67. The van der Waals surface area contributed by atoms with Crippen LogP contribution in [0.4, 0.5) is 0 Å². The summed E-state index contributed by atoms with van der Waals surface area (Å²) < 4.78 is 37.4. The van der Waals surface area contributed by atoms with Gasteiger partial charge in [0.15, 0.2) is 0 Å². The van der Waals surface area contributed by atoms with Gasteiger partial charge in [0.1, 0.15) is 0 Å². The van der Waals surface area contributed by atoms with E-state index < -0.39 is 37.3 Å². The number of alkyl halides is 2. The Morgan fingerprint density at radius 3 is 1.43 bits per heavy atom. The monoisotopic (exact) mass is 394 g/mol. The summed E-state index contributed by atoms with van der Waals surface area (Å²) in [7, 11) is -8.99. The second-order valence-corrected chi connectivity index (χ2v) is 11.7. The van der Waals surface area contributed by atoms with Crippen molar-refractivity contribution >= 4 is 38.4 Å². The third kappa shape index (κ3) is 7.11. The Morgan fingerprint density at radius 1 is 0.905 bits per heavy atom. The molecule has 0 fully saturated rings. The topological polar surface area (TPSA) is 82.1 Å². The second kappa shape index (κ2) is 9.39. The summed E-state index contributed by atoms with van der Waals surface area (Å²) in [6.07, 6.45) is -1.79. The summed E-state index contributed by atoms with van der Waals surface area (Å²) in [6.45, 7) is 9.34. The van der Waals surface area contributed by atoms with Crippen molar-refractivity contribution in [3.8, 4) is 0 Å². The van der Waals surface area contributed by atoms with Crippen LogP contribution in [-0.2, 0) is 22.7 Å². The van der Waals surface area contributed by atoms with E-state index in [0.717, 1.165) is 0 Å². The van der Waals surface area contributed by atoms with Crippen LogP contribution in [0.1, 0.15) is 43.0 Å². The Kier molecular flexibility index (Phi) is 11.2. The third-order valence-corrected chi connectivity index (χ3v) is 9.18. The van der Waals surface area contributed by atoms with Crippen molar-refractivity contribution in [2.75, 3.05) is 0 Å². The molecule has 0 saturated carbocycles. The van der Waals surface area contributed by atoms with Crippen LogP contribution in [0, 0.1) is 0 Å². The van der Waals surface area contributed by atoms with E-state index >= 15 is 0 Å². The van der Waals surface area contributed by atoms with Gasteiger partial charge in [-0.25, -0.2) is 0 Å². The molecule has 6 nitrogen and oxygen atoms in total. The van der Waals surface area contributed by atoms with Crippen LogP contribution >= 0.6 is 38.4 Å². The van der Waals surface area contributed by atoms with Crippen molar-refractivity contribution in [2.24, 2.45) is 0 Å². The van der Waals surface area contributed by atoms with Gasteiger partial charge in [-0.1, -0.05) is 23.2 Å². The molecule has 1 atom stereocenters. The Hall–Kier alpha value is 1.88. The molecule has 1 N–H and O–H groups in total. The number of halogens is 2. The van der Waals surface area contributed by atoms with Gasteiger partial charge in [0.25, 0.3) is 0 Å². The predicted molar refractivity (Wildman–Crippen MR) is 81.6 cm³/mol. The van der Waals surface area contributed by atoms with E-state index in [0.29, 0.717) is 0 Å². The molecule has 11 heteroatoms. The first kappa shape index (κ1) is 25.1. The van der Waals surface area contributed by atoms with Crippen LogP contribution in [0.2, 0.25) is 0 Å². The quantitative estimate of drug-likeness (QED) is 0.384. The van der Waals surface area contributed by atoms with Gasteiger partial charge in [0.05, 0.1) is 18.3 Å². The molecule has 0 radical (unpaired) electrons. The zero-order valence-corrected chi connectivity index (χ0v) is 18.7.